The molecule has 5 rings (SSSR count). The first-order chi connectivity index (χ1) is 21.6. The molecule has 0 aliphatic carbocycles. The van der Waals surface area contributed by atoms with E-state index in [0.717, 1.165) is 47.0 Å². The molecule has 0 radical (unpaired) electrons. The molecule has 3 aromatic carbocycles. The molecule has 1 fully saturated rings. The number of ether oxygens (including phenoxy) is 1. The standard InChI is InChI=1S/C34H38F2N6O2S/c1-5-25-8-6-7-9-29(25)42-23(2)18-19-45-33(42)39-32(43)37-21-34(3,4)20-24-10-12-26(13-11-24)30-38-22-41(40-30)27-14-16-28(17-15-27)44-31(35)36/h6-17,22-23,31H,5,18-21H2,1-4H3,(H,37,43). The predicted octanol–water partition coefficient (Wildman–Crippen LogP) is 7.76. The number of urea groups is 1. The van der Waals surface area contributed by atoms with Gasteiger partial charge in [-0.2, -0.15) is 13.8 Å². The average molecular weight is 633 g/mol. The Balaban J connectivity index is 1.19. The number of carbonyl (C=O) groups is 1. The number of anilines is 1. The van der Waals surface area contributed by atoms with Gasteiger partial charge in [0.15, 0.2) is 11.0 Å². The summed E-state index contributed by atoms with van der Waals surface area (Å²) in [4.78, 5) is 24.2. The monoisotopic (exact) mass is 632 g/mol. The van der Waals surface area contributed by atoms with Gasteiger partial charge in [0, 0.05) is 29.6 Å². The van der Waals surface area contributed by atoms with Crippen LogP contribution in [0.3, 0.4) is 0 Å². The fourth-order valence-corrected chi connectivity index (χ4v) is 6.51. The highest BCUT2D eigenvalue weighted by Crippen LogP contribution is 2.32. The summed E-state index contributed by atoms with van der Waals surface area (Å²) in [7, 11) is 0. The number of benzene rings is 3. The van der Waals surface area contributed by atoms with Crippen LogP contribution in [0.5, 0.6) is 5.75 Å². The fraction of sp³-hybridized carbons (Fsp3) is 0.353. The summed E-state index contributed by atoms with van der Waals surface area (Å²) < 4.78 is 30.8. The van der Waals surface area contributed by atoms with Crippen LogP contribution in [0.1, 0.15) is 45.2 Å². The SMILES string of the molecule is CCc1ccccc1N1C(=NC(=O)NCC(C)(C)Cc2ccc(-c3ncn(-c4ccc(OC(F)F)cc4)n3)cc2)SCCC1C. The fourth-order valence-electron chi connectivity index (χ4n) is 5.31. The summed E-state index contributed by atoms with van der Waals surface area (Å²) in [6.07, 6.45) is 4.27. The first kappa shape index (κ1) is 32.2. The van der Waals surface area contributed by atoms with E-state index in [1.807, 2.05) is 30.3 Å². The lowest BCUT2D eigenvalue weighted by Crippen LogP contribution is -2.43. The molecule has 1 aliphatic heterocycles. The molecule has 1 atom stereocenters. The third-order valence-corrected chi connectivity index (χ3v) is 8.66. The maximum absolute atomic E-state index is 13.0. The Morgan fingerprint density at radius 2 is 1.84 bits per heavy atom. The van der Waals surface area contributed by atoms with E-state index in [0.29, 0.717) is 18.1 Å². The number of carbonyl (C=O) groups excluding carboxylic acids is 1. The second kappa shape index (κ2) is 14.2. The van der Waals surface area contributed by atoms with Crippen molar-refractivity contribution in [1.29, 1.82) is 0 Å². The van der Waals surface area contributed by atoms with Crippen molar-refractivity contribution in [3.05, 3.63) is 90.3 Å². The number of aryl methyl sites for hydroxylation is 1. The predicted molar refractivity (Wildman–Crippen MR) is 177 cm³/mol. The van der Waals surface area contributed by atoms with E-state index < -0.39 is 6.61 Å². The van der Waals surface area contributed by atoms with Gasteiger partial charge < -0.3 is 15.0 Å². The van der Waals surface area contributed by atoms with Gasteiger partial charge in [-0.05, 0) is 73.1 Å². The number of hydrogen-bond acceptors (Lipinski definition) is 5. The summed E-state index contributed by atoms with van der Waals surface area (Å²) in [5.41, 5.74) is 4.80. The van der Waals surface area contributed by atoms with E-state index in [1.165, 1.54) is 17.7 Å². The van der Waals surface area contributed by atoms with Crippen molar-refractivity contribution < 1.29 is 18.3 Å². The van der Waals surface area contributed by atoms with E-state index in [1.54, 1.807) is 34.9 Å². The van der Waals surface area contributed by atoms with Gasteiger partial charge in [-0.25, -0.2) is 14.5 Å². The Bertz CT molecular complexity index is 1620. The second-order valence-corrected chi connectivity index (χ2v) is 12.9. The molecule has 4 aromatic rings. The molecular weight excluding hydrogens is 594 g/mol. The zero-order valence-corrected chi connectivity index (χ0v) is 26.7. The van der Waals surface area contributed by atoms with Gasteiger partial charge in [0.05, 0.1) is 5.69 Å². The number of hydrogen-bond donors (Lipinski definition) is 1. The molecule has 8 nitrogen and oxygen atoms in total. The van der Waals surface area contributed by atoms with Crippen molar-refractivity contribution in [2.24, 2.45) is 10.4 Å². The van der Waals surface area contributed by atoms with Crippen LogP contribution in [0.15, 0.2) is 84.1 Å². The zero-order chi connectivity index (χ0) is 32.0. The van der Waals surface area contributed by atoms with Gasteiger partial charge in [0.1, 0.15) is 12.1 Å². The largest absolute Gasteiger partial charge is 0.435 e. The van der Waals surface area contributed by atoms with Crippen LogP contribution in [0, 0.1) is 5.41 Å². The van der Waals surface area contributed by atoms with Crippen molar-refractivity contribution in [3.8, 4) is 22.8 Å². The molecule has 0 saturated carbocycles. The minimum absolute atomic E-state index is 0.0820. The Labute approximate surface area is 266 Å². The summed E-state index contributed by atoms with van der Waals surface area (Å²) in [6.45, 7) is 6.18. The Kier molecular flexibility index (Phi) is 10.2. The number of rotatable bonds is 10. The molecule has 1 saturated heterocycles. The van der Waals surface area contributed by atoms with Crippen molar-refractivity contribution >= 4 is 28.6 Å². The summed E-state index contributed by atoms with van der Waals surface area (Å²) in [5.74, 6) is 1.56. The van der Waals surface area contributed by atoms with E-state index in [4.69, 9.17) is 0 Å². The molecular formula is C34H38F2N6O2S. The van der Waals surface area contributed by atoms with Crippen LogP contribution in [0.2, 0.25) is 0 Å². The van der Waals surface area contributed by atoms with Gasteiger partial charge in [-0.3, -0.25) is 0 Å². The molecule has 11 heteroatoms. The van der Waals surface area contributed by atoms with Crippen LogP contribution in [0.4, 0.5) is 19.3 Å². The van der Waals surface area contributed by atoms with Gasteiger partial charge in [0.25, 0.3) is 0 Å². The maximum Gasteiger partial charge on any atom is 0.387 e. The number of nitrogens with one attached hydrogen (secondary N) is 1. The molecule has 0 bridgehead atoms. The molecule has 45 heavy (non-hydrogen) atoms. The lowest BCUT2D eigenvalue weighted by molar-refractivity contribution is -0.0498. The van der Waals surface area contributed by atoms with Crippen molar-refractivity contribution in [3.63, 3.8) is 0 Å². The lowest BCUT2D eigenvalue weighted by Gasteiger charge is -2.36. The maximum atomic E-state index is 13.0. The first-order valence-electron chi connectivity index (χ1n) is 15.0. The van der Waals surface area contributed by atoms with Crippen LogP contribution < -0.4 is 15.0 Å². The summed E-state index contributed by atoms with van der Waals surface area (Å²) in [5, 5.41) is 8.32. The van der Waals surface area contributed by atoms with Gasteiger partial charge in [-0.1, -0.05) is 75.0 Å². The normalized spacial score (nSPS) is 16.3. The van der Waals surface area contributed by atoms with Gasteiger partial charge in [-0.15, -0.1) is 5.10 Å². The van der Waals surface area contributed by atoms with Crippen molar-refractivity contribution in [2.75, 3.05) is 17.2 Å². The Morgan fingerprint density at radius 3 is 2.56 bits per heavy atom. The third kappa shape index (κ3) is 8.27. The van der Waals surface area contributed by atoms with Crippen molar-refractivity contribution in [1.82, 2.24) is 20.1 Å². The highest BCUT2D eigenvalue weighted by molar-refractivity contribution is 8.14. The topological polar surface area (TPSA) is 84.6 Å². The van der Waals surface area contributed by atoms with E-state index >= 15 is 0 Å². The molecule has 236 valence electrons. The first-order valence-corrected chi connectivity index (χ1v) is 16.0. The second-order valence-electron chi connectivity index (χ2n) is 11.8. The number of amidine groups is 1. The molecule has 2 amide bonds. The number of aliphatic imine (C=N–C) groups is 1. The summed E-state index contributed by atoms with van der Waals surface area (Å²) in [6, 6.07) is 22.5. The quantitative estimate of drug-likeness (QED) is 0.192. The zero-order valence-electron chi connectivity index (χ0n) is 25.9. The number of nitrogens with zero attached hydrogens (tertiary/aromatic N) is 5. The molecule has 1 aliphatic rings. The number of para-hydroxylation sites is 1. The molecule has 0 spiro atoms. The van der Waals surface area contributed by atoms with Crippen LogP contribution in [0.25, 0.3) is 17.1 Å². The lowest BCUT2D eigenvalue weighted by atomic mass is 9.85. The number of thioether (sulfide) groups is 1. The molecule has 1 N–H and O–H groups in total. The van der Waals surface area contributed by atoms with E-state index in [-0.39, 0.29) is 23.2 Å². The number of aromatic nitrogens is 3. The number of alkyl halides is 2. The van der Waals surface area contributed by atoms with E-state index in [2.05, 4.69) is 75.9 Å². The summed E-state index contributed by atoms with van der Waals surface area (Å²) >= 11 is 1.63. The average Bonchev–Trinajstić information content (AvgIpc) is 3.51. The van der Waals surface area contributed by atoms with Crippen LogP contribution >= 0.6 is 11.8 Å². The molecule has 1 aromatic heterocycles. The van der Waals surface area contributed by atoms with Crippen LogP contribution in [-0.4, -0.2) is 50.9 Å². The van der Waals surface area contributed by atoms with Gasteiger partial charge in [0.2, 0.25) is 0 Å². The Hall–Kier alpha value is -4.25. The minimum Gasteiger partial charge on any atom is -0.435 e. The molecule has 2 heterocycles. The smallest absolute Gasteiger partial charge is 0.387 e. The van der Waals surface area contributed by atoms with E-state index in [9.17, 15) is 13.6 Å². The van der Waals surface area contributed by atoms with Gasteiger partial charge >= 0.3 is 12.6 Å². The molecule has 1 unspecified atom stereocenters. The highest BCUT2D eigenvalue weighted by atomic mass is 32.2. The third-order valence-electron chi connectivity index (χ3n) is 7.67. The van der Waals surface area contributed by atoms with Crippen LogP contribution in [-0.2, 0) is 12.8 Å². The highest BCUT2D eigenvalue weighted by Gasteiger charge is 2.28. The number of halogens is 2. The minimum atomic E-state index is -2.87. The Morgan fingerprint density at radius 1 is 1.11 bits per heavy atom. The van der Waals surface area contributed by atoms with Crippen molar-refractivity contribution in [2.45, 2.75) is 59.6 Å². The number of amides is 2.